The highest BCUT2D eigenvalue weighted by molar-refractivity contribution is 5.84. The maximum atomic E-state index is 11.9. The summed E-state index contributed by atoms with van der Waals surface area (Å²) in [6.45, 7) is 4.01. The van der Waals surface area contributed by atoms with Crippen molar-refractivity contribution in [1.82, 2.24) is 20.4 Å². The molecule has 0 spiro atoms. The number of hydrogen-bond donors (Lipinski definition) is 2. The summed E-state index contributed by atoms with van der Waals surface area (Å²) in [7, 11) is 1.70. The zero-order valence-electron chi connectivity index (χ0n) is 9.15. The van der Waals surface area contributed by atoms with Crippen LogP contribution >= 0.6 is 0 Å². The average molecular weight is 212 g/mol. The summed E-state index contributed by atoms with van der Waals surface area (Å²) < 4.78 is 0. The van der Waals surface area contributed by atoms with Crippen LogP contribution < -0.4 is 10.6 Å². The first-order chi connectivity index (χ1) is 7.06. The Morgan fingerprint density at radius 2 is 1.93 bits per heavy atom. The Morgan fingerprint density at radius 3 is 2.53 bits per heavy atom. The molecule has 2 heterocycles. The maximum absolute atomic E-state index is 11.9. The molecule has 15 heavy (non-hydrogen) atoms. The van der Waals surface area contributed by atoms with Crippen molar-refractivity contribution in [3.05, 3.63) is 0 Å². The fraction of sp³-hybridized carbons (Fsp3) is 0.778. The molecule has 0 aromatic carbocycles. The monoisotopic (exact) mass is 212 g/mol. The molecule has 6 heteroatoms. The molecule has 84 valence electrons. The van der Waals surface area contributed by atoms with Crippen LogP contribution in [0.25, 0.3) is 0 Å². The molecular formula is C9H16N4O2. The highest BCUT2D eigenvalue weighted by atomic mass is 16.2. The maximum Gasteiger partial charge on any atom is 0.323 e. The molecule has 4 amide bonds. The Labute approximate surface area is 88.6 Å². The third kappa shape index (κ3) is 1.32. The van der Waals surface area contributed by atoms with Crippen molar-refractivity contribution in [2.45, 2.75) is 38.6 Å². The van der Waals surface area contributed by atoms with Gasteiger partial charge in [-0.1, -0.05) is 6.92 Å². The van der Waals surface area contributed by atoms with Gasteiger partial charge in [0.15, 0.2) is 0 Å². The Balaban J connectivity index is 2.24. The summed E-state index contributed by atoms with van der Waals surface area (Å²) >= 11 is 0. The fourth-order valence-corrected chi connectivity index (χ4v) is 2.08. The van der Waals surface area contributed by atoms with E-state index in [1.807, 2.05) is 13.8 Å². The average Bonchev–Trinajstić information content (AvgIpc) is 2.66. The van der Waals surface area contributed by atoms with Gasteiger partial charge in [0.2, 0.25) is 0 Å². The number of amides is 4. The lowest BCUT2D eigenvalue weighted by Crippen LogP contribution is -2.47. The lowest BCUT2D eigenvalue weighted by Gasteiger charge is -2.27. The number of nitrogens with one attached hydrogen (secondary N) is 2. The summed E-state index contributed by atoms with van der Waals surface area (Å²) in [4.78, 5) is 26.4. The molecule has 2 aliphatic rings. The van der Waals surface area contributed by atoms with Gasteiger partial charge in [0.25, 0.3) is 0 Å². The zero-order chi connectivity index (χ0) is 11.2. The number of carbonyl (C=O) groups is 2. The molecule has 0 aromatic rings. The number of likely N-dealkylation sites (N-methyl/N-ethyl adjacent to an activating group) is 1. The van der Waals surface area contributed by atoms with Crippen LogP contribution in [-0.4, -0.2) is 47.3 Å². The SMILES string of the molecule is CC[C@H](C)N1C(=O)N(C)[C@@H]2NC(=O)N[C@H]21. The number of rotatable bonds is 2. The summed E-state index contributed by atoms with van der Waals surface area (Å²) in [6, 6.07) is -0.111. The van der Waals surface area contributed by atoms with Crippen molar-refractivity contribution >= 4 is 12.1 Å². The predicted molar refractivity (Wildman–Crippen MR) is 54.0 cm³/mol. The molecule has 2 fully saturated rings. The highest BCUT2D eigenvalue weighted by Crippen LogP contribution is 2.24. The number of hydrogen-bond acceptors (Lipinski definition) is 2. The largest absolute Gasteiger partial charge is 0.323 e. The zero-order valence-corrected chi connectivity index (χ0v) is 9.15. The van der Waals surface area contributed by atoms with Crippen molar-refractivity contribution in [2.24, 2.45) is 0 Å². The third-order valence-corrected chi connectivity index (χ3v) is 3.16. The lowest BCUT2D eigenvalue weighted by atomic mass is 10.2. The van der Waals surface area contributed by atoms with Gasteiger partial charge in [-0.05, 0) is 13.3 Å². The van der Waals surface area contributed by atoms with Crippen LogP contribution in [0.4, 0.5) is 9.59 Å². The summed E-state index contributed by atoms with van der Waals surface area (Å²) in [5.74, 6) is 0. The molecule has 0 aromatic heterocycles. The number of urea groups is 2. The van der Waals surface area contributed by atoms with Crippen molar-refractivity contribution < 1.29 is 9.59 Å². The van der Waals surface area contributed by atoms with Gasteiger partial charge in [0.1, 0.15) is 12.3 Å². The second-order valence-electron chi connectivity index (χ2n) is 4.07. The Bertz CT molecular complexity index is 306. The molecular weight excluding hydrogens is 196 g/mol. The smallest absolute Gasteiger partial charge is 0.314 e. The van der Waals surface area contributed by atoms with E-state index in [1.54, 1.807) is 16.8 Å². The minimum atomic E-state index is -0.237. The van der Waals surface area contributed by atoms with Crippen LogP contribution in [-0.2, 0) is 0 Å². The number of carbonyl (C=O) groups excluding carboxylic acids is 2. The standard InChI is InChI=1S/C9H16N4O2/c1-4-5(2)13-7-6(10-8(14)11-7)12(3)9(13)15/h5-7H,4H2,1-3H3,(H2,10,11,14)/t5-,6-,7-/m0/s1. The van der Waals surface area contributed by atoms with E-state index in [4.69, 9.17) is 0 Å². The molecule has 6 nitrogen and oxygen atoms in total. The molecule has 2 saturated heterocycles. The molecule has 0 saturated carbocycles. The quantitative estimate of drug-likeness (QED) is 0.682. The van der Waals surface area contributed by atoms with Gasteiger partial charge in [0, 0.05) is 13.1 Å². The first-order valence-corrected chi connectivity index (χ1v) is 5.18. The van der Waals surface area contributed by atoms with Crippen LogP contribution in [0.2, 0.25) is 0 Å². The minimum absolute atomic E-state index is 0.0353. The fourth-order valence-electron chi connectivity index (χ4n) is 2.08. The van der Waals surface area contributed by atoms with E-state index in [1.165, 1.54) is 0 Å². The van der Waals surface area contributed by atoms with Gasteiger partial charge in [-0.25, -0.2) is 9.59 Å². The van der Waals surface area contributed by atoms with Crippen molar-refractivity contribution in [1.29, 1.82) is 0 Å². The third-order valence-electron chi connectivity index (χ3n) is 3.16. The summed E-state index contributed by atoms with van der Waals surface area (Å²) in [5.41, 5.74) is 0. The van der Waals surface area contributed by atoms with Crippen LogP contribution in [0.15, 0.2) is 0 Å². The first-order valence-electron chi connectivity index (χ1n) is 5.18. The van der Waals surface area contributed by atoms with Gasteiger partial charge in [-0.3, -0.25) is 4.90 Å². The number of nitrogens with zero attached hydrogens (tertiary/aromatic N) is 2. The topological polar surface area (TPSA) is 64.7 Å². The van der Waals surface area contributed by atoms with Crippen molar-refractivity contribution in [2.75, 3.05) is 7.05 Å². The van der Waals surface area contributed by atoms with E-state index in [-0.39, 0.29) is 30.4 Å². The number of fused-ring (bicyclic) bond motifs is 1. The van der Waals surface area contributed by atoms with E-state index in [0.717, 1.165) is 6.42 Å². The van der Waals surface area contributed by atoms with Crippen LogP contribution in [0.5, 0.6) is 0 Å². The van der Waals surface area contributed by atoms with Crippen LogP contribution in [0.1, 0.15) is 20.3 Å². The molecule has 2 rings (SSSR count). The van der Waals surface area contributed by atoms with Gasteiger partial charge < -0.3 is 15.5 Å². The molecule has 2 N–H and O–H groups in total. The summed E-state index contributed by atoms with van der Waals surface area (Å²) in [5, 5.41) is 5.47. The van der Waals surface area contributed by atoms with Gasteiger partial charge >= 0.3 is 12.1 Å². The lowest BCUT2D eigenvalue weighted by molar-refractivity contribution is 0.164. The Hall–Kier alpha value is -1.46. The molecule has 0 radical (unpaired) electrons. The van der Waals surface area contributed by atoms with Gasteiger partial charge in [-0.15, -0.1) is 0 Å². The van der Waals surface area contributed by atoms with E-state index in [0.29, 0.717) is 0 Å². The highest BCUT2D eigenvalue weighted by Gasteiger charge is 2.50. The molecule has 3 atom stereocenters. The van der Waals surface area contributed by atoms with Crippen molar-refractivity contribution in [3.63, 3.8) is 0 Å². The molecule has 2 aliphatic heterocycles. The van der Waals surface area contributed by atoms with E-state index >= 15 is 0 Å². The Kier molecular flexibility index (Phi) is 2.21. The molecule has 0 aliphatic carbocycles. The van der Waals surface area contributed by atoms with Crippen LogP contribution in [0.3, 0.4) is 0 Å². The predicted octanol–water partition coefficient (Wildman–Crippen LogP) is 0.117. The van der Waals surface area contributed by atoms with E-state index in [9.17, 15) is 9.59 Å². The van der Waals surface area contributed by atoms with E-state index in [2.05, 4.69) is 10.6 Å². The first kappa shape index (κ1) is 10.1. The van der Waals surface area contributed by atoms with Gasteiger partial charge in [0.05, 0.1) is 0 Å². The second kappa shape index (κ2) is 3.29. The van der Waals surface area contributed by atoms with Crippen LogP contribution in [0, 0.1) is 0 Å². The van der Waals surface area contributed by atoms with E-state index < -0.39 is 0 Å². The Morgan fingerprint density at radius 1 is 1.33 bits per heavy atom. The molecule has 0 unspecified atom stereocenters. The summed E-state index contributed by atoms with van der Waals surface area (Å²) in [6.07, 6.45) is 0.405. The normalized spacial score (nSPS) is 31.4. The molecule has 0 bridgehead atoms. The van der Waals surface area contributed by atoms with Crippen molar-refractivity contribution in [3.8, 4) is 0 Å². The second-order valence-corrected chi connectivity index (χ2v) is 4.07. The minimum Gasteiger partial charge on any atom is -0.314 e. The van der Waals surface area contributed by atoms with Gasteiger partial charge in [-0.2, -0.15) is 0 Å².